The molecule has 0 saturated carbocycles. The number of pyridine rings is 1. The summed E-state index contributed by atoms with van der Waals surface area (Å²) in [6.07, 6.45) is 2.17. The minimum Gasteiger partial charge on any atom is -0.491 e. The zero-order valence-corrected chi connectivity index (χ0v) is 20.3. The van der Waals surface area contributed by atoms with Crippen molar-refractivity contribution in [2.75, 3.05) is 59.7 Å². The molecule has 0 bridgehead atoms. The predicted molar refractivity (Wildman–Crippen MR) is 133 cm³/mol. The number of carbonyl (C=O) groups excluding carboxylic acids is 2. The van der Waals surface area contributed by atoms with E-state index in [9.17, 15) is 14.4 Å². The molecule has 36 heavy (non-hydrogen) atoms. The minimum absolute atomic E-state index is 0.117. The van der Waals surface area contributed by atoms with Crippen LogP contribution < -0.4 is 10.3 Å². The Bertz CT molecular complexity index is 1320. The Kier molecular flexibility index (Phi) is 7.06. The van der Waals surface area contributed by atoms with Crippen molar-refractivity contribution in [1.82, 2.24) is 19.4 Å². The third-order valence-corrected chi connectivity index (χ3v) is 6.84. The number of nitrogens with one attached hydrogen (secondary N) is 1. The molecule has 2 aliphatic heterocycles. The largest absolute Gasteiger partial charge is 0.491 e. The van der Waals surface area contributed by atoms with Crippen LogP contribution >= 0.6 is 0 Å². The van der Waals surface area contributed by atoms with Gasteiger partial charge in [0.15, 0.2) is 0 Å². The highest BCUT2D eigenvalue weighted by molar-refractivity contribution is 5.98. The molecule has 10 heteroatoms. The van der Waals surface area contributed by atoms with Gasteiger partial charge in [-0.3, -0.25) is 14.5 Å². The van der Waals surface area contributed by atoms with E-state index in [1.165, 1.54) is 13.2 Å². The molecule has 10 nitrogen and oxygen atoms in total. The Morgan fingerprint density at radius 2 is 1.89 bits per heavy atom. The fourth-order valence-electron chi connectivity index (χ4n) is 4.86. The van der Waals surface area contributed by atoms with Gasteiger partial charge in [-0.05, 0) is 23.6 Å². The van der Waals surface area contributed by atoms with Gasteiger partial charge >= 0.3 is 5.97 Å². The van der Waals surface area contributed by atoms with E-state index in [0.29, 0.717) is 57.1 Å². The number of benzene rings is 1. The zero-order chi connectivity index (χ0) is 25.1. The number of aromatic nitrogens is 2. The third kappa shape index (κ3) is 4.87. The van der Waals surface area contributed by atoms with Crippen LogP contribution in [0.25, 0.3) is 10.9 Å². The highest BCUT2D eigenvalue weighted by atomic mass is 16.5. The summed E-state index contributed by atoms with van der Waals surface area (Å²) in [5.41, 5.74) is 1.98. The van der Waals surface area contributed by atoms with Crippen molar-refractivity contribution in [1.29, 1.82) is 0 Å². The lowest BCUT2D eigenvalue weighted by Gasteiger charge is -2.26. The fourth-order valence-corrected chi connectivity index (χ4v) is 4.86. The highest BCUT2D eigenvalue weighted by Gasteiger charge is 2.28. The summed E-state index contributed by atoms with van der Waals surface area (Å²) in [7, 11) is 1.31. The second-order valence-electron chi connectivity index (χ2n) is 8.94. The number of aromatic amines is 1. The number of nitrogens with zero attached hydrogens (tertiary/aromatic N) is 3. The van der Waals surface area contributed by atoms with E-state index in [1.54, 1.807) is 9.47 Å². The Morgan fingerprint density at radius 3 is 2.69 bits per heavy atom. The molecule has 1 saturated heterocycles. The predicted octanol–water partition coefficient (Wildman–Crippen LogP) is 1.53. The van der Waals surface area contributed by atoms with Gasteiger partial charge in [0.25, 0.3) is 11.5 Å². The number of hydrogen-bond donors (Lipinski definition) is 1. The molecule has 1 fully saturated rings. The van der Waals surface area contributed by atoms with Gasteiger partial charge in [0.2, 0.25) is 0 Å². The maximum atomic E-state index is 13.3. The van der Waals surface area contributed by atoms with Crippen LogP contribution in [0, 0.1) is 0 Å². The summed E-state index contributed by atoms with van der Waals surface area (Å²) in [5.74, 6) is -0.450. The van der Waals surface area contributed by atoms with Crippen LogP contribution in [0.15, 0.2) is 41.3 Å². The average molecular weight is 495 g/mol. The summed E-state index contributed by atoms with van der Waals surface area (Å²) in [5, 5.41) is 1.03. The first kappa shape index (κ1) is 24.1. The molecule has 0 aliphatic carbocycles. The van der Waals surface area contributed by atoms with E-state index < -0.39 is 5.97 Å². The molecule has 4 heterocycles. The Labute approximate surface area is 208 Å². The van der Waals surface area contributed by atoms with Crippen molar-refractivity contribution in [2.24, 2.45) is 0 Å². The number of morpholine rings is 1. The van der Waals surface area contributed by atoms with Crippen LogP contribution in [-0.2, 0) is 22.4 Å². The molecule has 3 aromatic rings. The van der Waals surface area contributed by atoms with Gasteiger partial charge in [-0.1, -0.05) is 6.07 Å². The first-order chi connectivity index (χ1) is 17.5. The van der Waals surface area contributed by atoms with Crippen molar-refractivity contribution in [3.8, 4) is 5.75 Å². The summed E-state index contributed by atoms with van der Waals surface area (Å²) < 4.78 is 17.9. The van der Waals surface area contributed by atoms with Crippen molar-refractivity contribution in [3.63, 3.8) is 0 Å². The SMILES string of the molecule is COC(=O)c1c(OCCN2CCOCC2)cc(=O)n2c1CCN(C(=O)c1ccc3cc[nH]c3c1)CC2. The number of hydrogen-bond acceptors (Lipinski definition) is 7. The summed E-state index contributed by atoms with van der Waals surface area (Å²) in [4.78, 5) is 46.2. The van der Waals surface area contributed by atoms with E-state index in [-0.39, 0.29) is 29.3 Å². The minimum atomic E-state index is -0.558. The topological polar surface area (TPSA) is 106 Å². The molecule has 2 aliphatic rings. The number of esters is 1. The van der Waals surface area contributed by atoms with Gasteiger partial charge in [0, 0.05) is 74.7 Å². The third-order valence-electron chi connectivity index (χ3n) is 6.84. The monoisotopic (exact) mass is 494 g/mol. The number of fused-ring (bicyclic) bond motifs is 2. The average Bonchev–Trinajstić information content (AvgIpc) is 3.26. The normalized spacial score (nSPS) is 16.4. The van der Waals surface area contributed by atoms with Gasteiger partial charge in [0.1, 0.15) is 17.9 Å². The Hall–Kier alpha value is -3.63. The number of carbonyl (C=O) groups is 2. The van der Waals surface area contributed by atoms with Gasteiger partial charge in [-0.2, -0.15) is 0 Å². The highest BCUT2D eigenvalue weighted by Crippen LogP contribution is 2.25. The standard InChI is InChI=1S/C26H30N4O6/c1-34-26(33)24-21-5-7-29(25(32)19-3-2-18-4-6-27-20(18)16-19)8-9-30(21)23(31)17-22(24)36-15-12-28-10-13-35-14-11-28/h2-4,6,16-17,27H,5,7-15H2,1H3. The zero-order valence-electron chi connectivity index (χ0n) is 20.3. The molecule has 0 atom stereocenters. The molecular formula is C26H30N4O6. The second kappa shape index (κ2) is 10.5. The van der Waals surface area contributed by atoms with Crippen LogP contribution in [-0.4, -0.2) is 90.9 Å². The van der Waals surface area contributed by atoms with E-state index >= 15 is 0 Å². The molecule has 1 aromatic carbocycles. The maximum absolute atomic E-state index is 13.3. The summed E-state index contributed by atoms with van der Waals surface area (Å²) >= 11 is 0. The van der Waals surface area contributed by atoms with Crippen LogP contribution in [0.5, 0.6) is 5.75 Å². The first-order valence-electron chi connectivity index (χ1n) is 12.2. The van der Waals surface area contributed by atoms with Gasteiger partial charge < -0.3 is 28.7 Å². The van der Waals surface area contributed by atoms with Crippen molar-refractivity contribution >= 4 is 22.8 Å². The van der Waals surface area contributed by atoms with Crippen molar-refractivity contribution in [2.45, 2.75) is 13.0 Å². The Balaban J connectivity index is 1.36. The molecule has 5 rings (SSSR count). The van der Waals surface area contributed by atoms with E-state index in [0.717, 1.165) is 24.0 Å². The molecule has 2 aromatic heterocycles. The van der Waals surface area contributed by atoms with E-state index in [2.05, 4.69) is 9.88 Å². The van der Waals surface area contributed by atoms with Gasteiger partial charge in [0.05, 0.1) is 20.3 Å². The first-order valence-corrected chi connectivity index (χ1v) is 12.2. The smallest absolute Gasteiger partial charge is 0.343 e. The number of rotatable bonds is 6. The Morgan fingerprint density at radius 1 is 1.06 bits per heavy atom. The number of amides is 1. The van der Waals surface area contributed by atoms with Crippen molar-refractivity contribution < 1.29 is 23.8 Å². The summed E-state index contributed by atoms with van der Waals surface area (Å²) in [6, 6.07) is 8.86. The van der Waals surface area contributed by atoms with Gasteiger partial charge in [-0.15, -0.1) is 0 Å². The molecule has 1 amide bonds. The molecule has 0 radical (unpaired) electrons. The van der Waals surface area contributed by atoms with E-state index in [1.807, 2.05) is 30.5 Å². The van der Waals surface area contributed by atoms with Crippen LogP contribution in [0.4, 0.5) is 0 Å². The quantitative estimate of drug-likeness (QED) is 0.518. The molecule has 190 valence electrons. The lowest BCUT2D eigenvalue weighted by molar-refractivity contribution is 0.0320. The summed E-state index contributed by atoms with van der Waals surface area (Å²) in [6.45, 7) is 5.00. The molecular weight excluding hydrogens is 464 g/mol. The van der Waals surface area contributed by atoms with Crippen molar-refractivity contribution in [3.05, 3.63) is 63.7 Å². The molecule has 0 spiro atoms. The fraction of sp³-hybridized carbons (Fsp3) is 0.423. The lowest BCUT2D eigenvalue weighted by Crippen LogP contribution is -2.38. The maximum Gasteiger partial charge on any atom is 0.343 e. The number of methoxy groups -OCH3 is 1. The van der Waals surface area contributed by atoms with E-state index in [4.69, 9.17) is 14.2 Å². The number of H-pyrrole nitrogens is 1. The molecule has 0 unspecified atom stereocenters. The van der Waals surface area contributed by atoms with Crippen LogP contribution in [0.2, 0.25) is 0 Å². The van der Waals surface area contributed by atoms with Gasteiger partial charge in [-0.25, -0.2) is 4.79 Å². The van der Waals surface area contributed by atoms with Crippen LogP contribution in [0.1, 0.15) is 26.4 Å². The lowest BCUT2D eigenvalue weighted by atomic mass is 10.1. The second-order valence-corrected chi connectivity index (χ2v) is 8.94. The van der Waals surface area contributed by atoms with Crippen LogP contribution in [0.3, 0.4) is 0 Å². The molecule has 1 N–H and O–H groups in total. The number of ether oxygens (including phenoxy) is 3.